The number of β-amino-alcohol motifs (C(OH)–C–C–N with tert-alkyl or cyclic N) is 2. The third-order valence-corrected chi connectivity index (χ3v) is 14.7. The summed E-state index contributed by atoms with van der Waals surface area (Å²) in [5.74, 6) is -0.774. The summed E-state index contributed by atoms with van der Waals surface area (Å²) in [7, 11) is 0. The molecular formula is C48H59N9O7S. The van der Waals surface area contributed by atoms with Crippen LogP contribution < -0.4 is 15.0 Å². The van der Waals surface area contributed by atoms with Crippen molar-refractivity contribution in [3.63, 3.8) is 0 Å². The number of para-hydroxylation sites is 1. The van der Waals surface area contributed by atoms with Gasteiger partial charge < -0.3 is 39.7 Å². The number of hydrogen-bond donors (Lipinski definition) is 4. The Morgan fingerprint density at radius 2 is 1.80 bits per heavy atom. The summed E-state index contributed by atoms with van der Waals surface area (Å²) >= 11 is 1.59. The van der Waals surface area contributed by atoms with Crippen LogP contribution in [0.15, 0.2) is 70.7 Å². The molecule has 0 aliphatic carbocycles. The molecule has 2 amide bonds. The van der Waals surface area contributed by atoms with Crippen LogP contribution in [0.3, 0.4) is 0 Å². The van der Waals surface area contributed by atoms with Crippen molar-refractivity contribution in [3.8, 4) is 33.3 Å². The predicted molar refractivity (Wildman–Crippen MR) is 246 cm³/mol. The number of carbonyl (C=O) groups is 2. The van der Waals surface area contributed by atoms with E-state index in [9.17, 15) is 24.9 Å². The number of ether oxygens (including phenoxy) is 1. The molecule has 7 atom stereocenters. The maximum Gasteiger partial charge on any atom is 0.254 e. The zero-order chi connectivity index (χ0) is 45.4. The summed E-state index contributed by atoms with van der Waals surface area (Å²) in [5, 5.41) is 48.8. The zero-order valence-corrected chi connectivity index (χ0v) is 38.2. The minimum atomic E-state index is -0.839. The predicted octanol–water partition coefficient (Wildman–Crippen LogP) is 4.80. The number of rotatable bonds is 13. The summed E-state index contributed by atoms with van der Waals surface area (Å²) in [5.41, 5.74) is 8.21. The second-order valence-electron chi connectivity index (χ2n) is 18.3. The first-order chi connectivity index (χ1) is 31.4. The summed E-state index contributed by atoms with van der Waals surface area (Å²) in [6.07, 6.45) is 1.45. The molecule has 5 aromatic rings. The van der Waals surface area contributed by atoms with Crippen LogP contribution in [0.5, 0.6) is 11.6 Å². The van der Waals surface area contributed by atoms with Crippen molar-refractivity contribution in [2.45, 2.75) is 95.7 Å². The number of aromatic hydroxyl groups is 1. The first-order valence-corrected chi connectivity index (χ1v) is 23.7. The van der Waals surface area contributed by atoms with Crippen LogP contribution in [0.25, 0.3) is 21.7 Å². The zero-order valence-electron chi connectivity index (χ0n) is 37.4. The van der Waals surface area contributed by atoms with Crippen LogP contribution in [0.4, 0.5) is 5.69 Å². The Morgan fingerprint density at radius 3 is 2.55 bits per heavy atom. The molecule has 17 heteroatoms. The highest BCUT2D eigenvalue weighted by Gasteiger charge is 2.44. The number of anilines is 1. The van der Waals surface area contributed by atoms with E-state index in [2.05, 4.69) is 46.4 Å². The fourth-order valence-electron chi connectivity index (χ4n) is 10.2. The van der Waals surface area contributed by atoms with Crippen molar-refractivity contribution in [1.82, 2.24) is 40.4 Å². The van der Waals surface area contributed by atoms with E-state index in [1.165, 1.54) is 4.90 Å². The van der Waals surface area contributed by atoms with Gasteiger partial charge in [0.2, 0.25) is 11.8 Å². The van der Waals surface area contributed by atoms with Gasteiger partial charge in [0.25, 0.3) is 5.88 Å². The molecule has 65 heavy (non-hydrogen) atoms. The first-order valence-electron chi connectivity index (χ1n) is 22.9. The van der Waals surface area contributed by atoms with Gasteiger partial charge in [-0.05, 0) is 80.1 Å². The number of nitrogens with zero attached hydrogens (tertiary/aromatic N) is 8. The van der Waals surface area contributed by atoms with Crippen molar-refractivity contribution in [2.75, 3.05) is 57.3 Å². The van der Waals surface area contributed by atoms with Gasteiger partial charge in [-0.25, -0.2) is 4.98 Å². The minimum Gasteiger partial charge on any atom is -0.507 e. The molecule has 4 aliphatic rings. The molecule has 2 unspecified atom stereocenters. The van der Waals surface area contributed by atoms with Crippen LogP contribution in [-0.4, -0.2) is 145 Å². The van der Waals surface area contributed by atoms with Crippen LogP contribution in [0.1, 0.15) is 74.7 Å². The molecule has 7 heterocycles. The number of hydrogen-bond acceptors (Lipinski definition) is 15. The van der Waals surface area contributed by atoms with Crippen LogP contribution in [-0.2, 0) is 16.0 Å². The Morgan fingerprint density at radius 1 is 0.985 bits per heavy atom. The maximum atomic E-state index is 14.2. The summed E-state index contributed by atoms with van der Waals surface area (Å²) < 4.78 is 11.7. The molecule has 4 N–H and O–H groups in total. The number of phenolic OH excluding ortho intramolecular Hbond substituents is 1. The van der Waals surface area contributed by atoms with Gasteiger partial charge in [0, 0.05) is 69.4 Å². The first kappa shape index (κ1) is 44.7. The van der Waals surface area contributed by atoms with Gasteiger partial charge in [-0.3, -0.25) is 19.4 Å². The van der Waals surface area contributed by atoms with Gasteiger partial charge in [0.1, 0.15) is 24.3 Å². The normalized spacial score (nSPS) is 23.5. The van der Waals surface area contributed by atoms with E-state index in [4.69, 9.17) is 9.26 Å². The number of aliphatic hydroxyl groups excluding tert-OH is 2. The highest BCUT2D eigenvalue weighted by Crippen LogP contribution is 2.37. The average Bonchev–Trinajstić information content (AvgIpc) is 4.06. The van der Waals surface area contributed by atoms with Gasteiger partial charge in [-0.15, -0.1) is 16.4 Å². The lowest BCUT2D eigenvalue weighted by Crippen LogP contribution is -2.62. The molecule has 0 radical (unpaired) electrons. The molecule has 3 aromatic heterocycles. The van der Waals surface area contributed by atoms with E-state index in [0.717, 1.165) is 78.5 Å². The molecule has 2 aromatic carbocycles. The van der Waals surface area contributed by atoms with Crippen molar-refractivity contribution in [1.29, 1.82) is 0 Å². The number of likely N-dealkylation sites (tertiary alicyclic amines) is 2. The molecule has 16 nitrogen and oxygen atoms in total. The van der Waals surface area contributed by atoms with Gasteiger partial charge in [0.05, 0.1) is 51.4 Å². The number of benzene rings is 2. The van der Waals surface area contributed by atoms with Crippen molar-refractivity contribution >= 4 is 28.8 Å². The molecule has 9 rings (SSSR count). The summed E-state index contributed by atoms with van der Waals surface area (Å²) in [6.45, 7) is 12.5. The third-order valence-electron chi connectivity index (χ3n) is 13.7. The quantitative estimate of drug-likeness (QED) is 0.126. The number of piperidine rings is 1. The fraction of sp³-hybridized carbons (Fsp3) is 0.500. The number of nitrogens with one attached hydrogen (secondary N) is 1. The average molecular weight is 906 g/mol. The van der Waals surface area contributed by atoms with Gasteiger partial charge in [-0.2, -0.15) is 5.10 Å². The van der Waals surface area contributed by atoms with E-state index in [1.54, 1.807) is 29.5 Å². The largest absolute Gasteiger partial charge is 0.507 e. The lowest BCUT2D eigenvalue weighted by atomic mass is 9.91. The topological polar surface area (TPSA) is 194 Å². The Bertz CT molecular complexity index is 2460. The van der Waals surface area contributed by atoms with Crippen LogP contribution in [0, 0.1) is 12.8 Å². The molecular weight excluding hydrogens is 847 g/mol. The number of aromatic nitrogens is 4. The fourth-order valence-corrected chi connectivity index (χ4v) is 11.0. The molecule has 0 saturated carbocycles. The number of phenols is 1. The monoisotopic (exact) mass is 905 g/mol. The molecule has 344 valence electrons. The van der Waals surface area contributed by atoms with E-state index in [-0.39, 0.29) is 54.4 Å². The number of aliphatic hydroxyl groups is 2. The second-order valence-corrected chi connectivity index (χ2v) is 19.2. The summed E-state index contributed by atoms with van der Waals surface area (Å²) in [4.78, 5) is 42.0. The number of fused-ring (bicyclic) bond motifs is 3. The Balaban J connectivity index is 0.753. The highest BCUT2D eigenvalue weighted by atomic mass is 32.1. The Kier molecular flexibility index (Phi) is 13.2. The van der Waals surface area contributed by atoms with Crippen LogP contribution >= 0.6 is 11.3 Å². The lowest BCUT2D eigenvalue weighted by molar-refractivity contribution is -0.141. The molecule has 0 bridgehead atoms. The van der Waals surface area contributed by atoms with Gasteiger partial charge >= 0.3 is 0 Å². The smallest absolute Gasteiger partial charge is 0.254 e. The number of aryl methyl sites for hydroxylation is 2. The van der Waals surface area contributed by atoms with E-state index in [0.29, 0.717) is 42.8 Å². The van der Waals surface area contributed by atoms with E-state index < -0.39 is 24.2 Å². The molecule has 0 spiro atoms. The Labute approximate surface area is 383 Å². The number of amides is 2. The third kappa shape index (κ3) is 9.47. The molecule has 4 aliphatic heterocycles. The standard InChI is InChI=1S/C48H59N9O7S/c1-28(2)45(48(62)57-25-34(58)21-40(57)47(61)50-29(3)31-9-11-32(12-10-31)46-30(4)49-27-65-46)43-23-44(53-64-43)63-20-19-54-16-15-38(42(60)26-54)55-17-18-56-33(24-55)13-14-36-39(56)22-37(52-51-36)35-7-5-6-8-41(35)59/h5-12,22-23,27-29,33-34,38,40,42,45,58-60H,13-21,24-26H2,1-4H3,(H,50,61)/t29-,33-,34+,38?,40-,42?,45+/m0/s1. The highest BCUT2D eigenvalue weighted by molar-refractivity contribution is 7.13. The molecule has 3 fully saturated rings. The lowest BCUT2D eigenvalue weighted by Gasteiger charge is -2.50. The van der Waals surface area contributed by atoms with Gasteiger partial charge in [-0.1, -0.05) is 50.2 Å². The Hall–Kier alpha value is -5.46. The SMILES string of the molecule is Cc1ncsc1-c1ccc([C@H](C)NC(=O)[C@@H]2C[C@@H](O)CN2C(=O)[C@@H](c2cc(OCCN3CCC(N4CCN5c6cc(-c7ccccc7O)nnc6CC[C@H]5C4)C(O)C3)no2)C(C)C)cc1. The minimum absolute atomic E-state index is 0.0428. The second kappa shape index (κ2) is 19.2. The van der Waals surface area contributed by atoms with E-state index >= 15 is 0 Å². The maximum absolute atomic E-state index is 14.2. The van der Waals surface area contributed by atoms with Crippen molar-refractivity contribution in [3.05, 3.63) is 88.9 Å². The van der Waals surface area contributed by atoms with Gasteiger partial charge in [0.15, 0.2) is 5.76 Å². The van der Waals surface area contributed by atoms with E-state index in [1.807, 2.05) is 69.6 Å². The molecule has 3 saturated heterocycles. The van der Waals surface area contributed by atoms with Crippen molar-refractivity contribution < 1.29 is 34.2 Å². The van der Waals surface area contributed by atoms with Crippen LogP contribution in [0.2, 0.25) is 0 Å². The summed E-state index contributed by atoms with van der Waals surface area (Å²) in [6, 6.07) is 18.2. The number of carbonyl (C=O) groups excluding carboxylic acids is 2. The number of thiazole rings is 1. The van der Waals surface area contributed by atoms with Crippen molar-refractivity contribution in [2.24, 2.45) is 5.92 Å². The number of piperazine rings is 1.